The average Bonchev–Trinajstić information content (AvgIpc) is 3.18. The third kappa shape index (κ3) is 3.57. The molecule has 0 bridgehead atoms. The van der Waals surface area contributed by atoms with E-state index in [1.807, 2.05) is 36.4 Å². The van der Waals surface area contributed by atoms with Gasteiger partial charge in [-0.05, 0) is 62.4 Å². The van der Waals surface area contributed by atoms with Gasteiger partial charge in [-0.1, -0.05) is 37.0 Å². The van der Waals surface area contributed by atoms with E-state index in [4.69, 9.17) is 32.4 Å². The number of aryl methyl sites for hydroxylation is 1. The number of piperidine rings is 1. The van der Waals surface area contributed by atoms with Crippen molar-refractivity contribution in [2.75, 3.05) is 13.1 Å². The van der Waals surface area contributed by atoms with Gasteiger partial charge in [0.05, 0.1) is 12.6 Å². The molecule has 0 aliphatic carbocycles. The highest BCUT2D eigenvalue weighted by atomic mass is 35.5. The Bertz CT molecular complexity index is 1510. The summed E-state index contributed by atoms with van der Waals surface area (Å²) in [7, 11) is 0. The first-order valence-corrected chi connectivity index (χ1v) is 14.4. The molecule has 198 valence electrons. The van der Waals surface area contributed by atoms with Crippen molar-refractivity contribution in [3.05, 3.63) is 69.9 Å². The predicted molar refractivity (Wildman–Crippen MR) is 151 cm³/mol. The molecule has 0 N–H and O–H groups in total. The van der Waals surface area contributed by atoms with Crippen LogP contribution in [0.15, 0.2) is 58.3 Å². The largest absolute Gasteiger partial charge is 0.406 e. The van der Waals surface area contributed by atoms with E-state index >= 15 is 0 Å². The van der Waals surface area contributed by atoms with Crippen LogP contribution in [0.1, 0.15) is 58.8 Å². The number of aromatic nitrogens is 1. The summed E-state index contributed by atoms with van der Waals surface area (Å²) in [5, 5.41) is 1.33. The normalized spacial score (nSPS) is 25.6. The molecule has 8 heteroatoms. The van der Waals surface area contributed by atoms with E-state index < -0.39 is 5.66 Å². The van der Waals surface area contributed by atoms with Gasteiger partial charge in [0.25, 0.3) is 11.2 Å². The summed E-state index contributed by atoms with van der Waals surface area (Å²) >= 11 is 12.8. The van der Waals surface area contributed by atoms with Gasteiger partial charge in [0, 0.05) is 41.2 Å². The molecule has 2 unspecified atom stereocenters. The number of hydrogen-bond donors (Lipinski definition) is 0. The van der Waals surface area contributed by atoms with Gasteiger partial charge in [0.1, 0.15) is 6.54 Å². The molecule has 2 fully saturated rings. The fourth-order valence-electron chi connectivity index (χ4n) is 6.52. The SMILES string of the molecule is CCCN1C(=O)C12CCCC[N+]21C(=CC(=Cc2oc3ccc(Cl)cc3[n+]2CC)CC)Oc2ccc(Cl)cc21. The maximum Gasteiger partial charge on any atom is 0.374 e. The number of carbonyl (C=O) groups excluding carboxylic acids is 1. The Morgan fingerprint density at radius 2 is 1.92 bits per heavy atom. The Balaban J connectivity index is 1.52. The van der Waals surface area contributed by atoms with Gasteiger partial charge >= 0.3 is 17.7 Å². The summed E-state index contributed by atoms with van der Waals surface area (Å²) in [6, 6.07) is 11.5. The molecular weight excluding hydrogens is 521 g/mol. The molecule has 38 heavy (non-hydrogen) atoms. The average molecular weight is 555 g/mol. The Morgan fingerprint density at radius 3 is 2.68 bits per heavy atom. The summed E-state index contributed by atoms with van der Waals surface area (Å²) < 4.78 is 15.4. The Kier molecular flexibility index (Phi) is 6.33. The first kappa shape index (κ1) is 25.5. The van der Waals surface area contributed by atoms with E-state index in [1.54, 1.807) is 0 Å². The number of fused-ring (bicyclic) bond motifs is 4. The smallest absolute Gasteiger partial charge is 0.374 e. The molecule has 2 atom stereocenters. The second kappa shape index (κ2) is 9.44. The number of benzene rings is 2. The number of halogens is 2. The van der Waals surface area contributed by atoms with Crippen molar-refractivity contribution < 1.29 is 18.5 Å². The second-order valence-corrected chi connectivity index (χ2v) is 11.2. The molecule has 0 radical (unpaired) electrons. The molecule has 1 aromatic heterocycles. The van der Waals surface area contributed by atoms with Crippen molar-refractivity contribution in [1.29, 1.82) is 0 Å². The molecule has 6 nitrogen and oxygen atoms in total. The monoisotopic (exact) mass is 553 g/mol. The zero-order chi connectivity index (χ0) is 26.7. The maximum absolute atomic E-state index is 13.6. The molecule has 3 aliphatic rings. The summed E-state index contributed by atoms with van der Waals surface area (Å²) in [5.41, 5.74) is 3.16. The summed E-state index contributed by atoms with van der Waals surface area (Å²) in [5.74, 6) is 2.52. The Morgan fingerprint density at radius 1 is 1.13 bits per heavy atom. The summed E-state index contributed by atoms with van der Waals surface area (Å²) in [6.07, 6.45) is 8.72. The van der Waals surface area contributed by atoms with Crippen LogP contribution in [0.5, 0.6) is 5.75 Å². The molecule has 2 saturated heterocycles. The molecule has 0 saturated carbocycles. The van der Waals surface area contributed by atoms with Gasteiger partial charge in [-0.15, -0.1) is 0 Å². The van der Waals surface area contributed by atoms with E-state index in [0.717, 1.165) is 91.6 Å². The zero-order valence-electron chi connectivity index (χ0n) is 22.1. The number of carbonyl (C=O) groups is 1. The van der Waals surface area contributed by atoms with E-state index in [9.17, 15) is 4.79 Å². The van der Waals surface area contributed by atoms with Crippen LogP contribution in [0, 0.1) is 0 Å². The van der Waals surface area contributed by atoms with Crippen LogP contribution in [0.3, 0.4) is 0 Å². The number of hydrogen-bond acceptors (Lipinski definition) is 3. The van der Waals surface area contributed by atoms with Crippen molar-refractivity contribution >= 4 is 52.0 Å². The van der Waals surface area contributed by atoms with Gasteiger partial charge in [-0.25, -0.2) is 0 Å². The van der Waals surface area contributed by atoms with Crippen molar-refractivity contribution in [2.24, 2.45) is 0 Å². The topological polar surface area (TPSA) is 46.3 Å². The molecule has 3 aliphatic heterocycles. The minimum Gasteiger partial charge on any atom is -0.406 e. The highest BCUT2D eigenvalue weighted by Gasteiger charge is 2.80. The summed E-state index contributed by atoms with van der Waals surface area (Å²) in [6.45, 7) is 8.62. The van der Waals surface area contributed by atoms with Crippen LogP contribution < -0.4 is 13.8 Å². The van der Waals surface area contributed by atoms with Crippen molar-refractivity contribution in [3.8, 4) is 5.75 Å². The third-order valence-corrected chi connectivity index (χ3v) is 8.76. The number of nitrogens with zero attached hydrogens (tertiary/aromatic N) is 3. The van der Waals surface area contributed by atoms with Gasteiger partial charge in [-0.2, -0.15) is 9.05 Å². The zero-order valence-corrected chi connectivity index (χ0v) is 23.6. The number of oxazole rings is 1. The number of amides is 1. The molecule has 4 heterocycles. The first-order chi connectivity index (χ1) is 18.4. The van der Waals surface area contributed by atoms with Gasteiger partial charge in [0.2, 0.25) is 5.58 Å². The van der Waals surface area contributed by atoms with Gasteiger partial charge in [-0.3, -0.25) is 9.69 Å². The lowest BCUT2D eigenvalue weighted by Gasteiger charge is -2.41. The molecule has 6 rings (SSSR count). The van der Waals surface area contributed by atoms with Crippen molar-refractivity contribution in [3.63, 3.8) is 0 Å². The molecule has 2 spiro atoms. The van der Waals surface area contributed by atoms with Crippen molar-refractivity contribution in [1.82, 2.24) is 9.38 Å². The number of ether oxygens (including phenoxy) is 1. The highest BCUT2D eigenvalue weighted by molar-refractivity contribution is 6.31. The quantitative estimate of drug-likeness (QED) is 0.184. The van der Waals surface area contributed by atoms with Gasteiger partial charge in [0.15, 0.2) is 11.4 Å². The lowest BCUT2D eigenvalue weighted by molar-refractivity contribution is -0.674. The lowest BCUT2D eigenvalue weighted by atomic mass is 9.96. The van der Waals surface area contributed by atoms with Crippen LogP contribution in [-0.4, -0.2) is 29.6 Å². The van der Waals surface area contributed by atoms with E-state index in [-0.39, 0.29) is 5.91 Å². The van der Waals surface area contributed by atoms with Crippen LogP contribution in [0.25, 0.3) is 17.2 Å². The molecule has 2 aromatic carbocycles. The fourth-order valence-corrected chi connectivity index (χ4v) is 6.86. The standard InChI is InChI=1S/C30H33Cl2N3O3/c1-4-14-34-29(36)30(34)13-7-8-15-35(30)24-19-22(32)10-12-26(24)38-28(35)17-20(5-2)16-27-33(6-3)23-18-21(31)9-11-25(23)37-27/h9-12,16-19H,4-8,13-15H2,1-3H3/q+2. The lowest BCUT2D eigenvalue weighted by Crippen LogP contribution is -2.62. The van der Waals surface area contributed by atoms with Gasteiger partial charge < -0.3 is 9.15 Å². The molecular formula is C30H33Cl2N3O3+2. The third-order valence-electron chi connectivity index (χ3n) is 8.29. The van der Waals surface area contributed by atoms with E-state index in [1.165, 1.54) is 0 Å². The Labute approximate surface area is 233 Å². The maximum atomic E-state index is 13.6. The molecule has 3 aromatic rings. The number of rotatable bonds is 6. The number of allylic oxidation sites excluding steroid dienone is 2. The van der Waals surface area contributed by atoms with E-state index in [0.29, 0.717) is 14.5 Å². The van der Waals surface area contributed by atoms with Crippen molar-refractivity contribution in [2.45, 2.75) is 65.1 Å². The minimum absolute atomic E-state index is 0.210. The number of quaternary nitrogens is 1. The highest BCUT2D eigenvalue weighted by Crippen LogP contribution is 2.60. The Hall–Kier alpha value is -2.80. The van der Waals surface area contributed by atoms with Crippen LogP contribution in [0.4, 0.5) is 5.69 Å². The molecule has 1 amide bonds. The van der Waals surface area contributed by atoms with Crippen LogP contribution in [-0.2, 0) is 11.3 Å². The summed E-state index contributed by atoms with van der Waals surface area (Å²) in [4.78, 5) is 15.7. The predicted octanol–water partition coefficient (Wildman–Crippen LogP) is 7.21. The second-order valence-electron chi connectivity index (χ2n) is 10.3. The first-order valence-electron chi connectivity index (χ1n) is 13.6. The fraction of sp³-hybridized carbons (Fsp3) is 0.400. The van der Waals surface area contributed by atoms with Crippen LogP contribution >= 0.6 is 23.2 Å². The van der Waals surface area contributed by atoms with E-state index in [2.05, 4.69) is 42.4 Å². The minimum atomic E-state index is -0.631. The van der Waals surface area contributed by atoms with Crippen LogP contribution in [0.2, 0.25) is 10.0 Å².